The molecule has 0 aliphatic carbocycles. The first-order valence-electron chi connectivity index (χ1n) is 6.34. The zero-order valence-electron chi connectivity index (χ0n) is 11.7. The Bertz CT molecular complexity index is 645. The van der Waals surface area contributed by atoms with Crippen LogP contribution >= 0.6 is 0 Å². The lowest BCUT2D eigenvalue weighted by Crippen LogP contribution is -2.38. The van der Waals surface area contributed by atoms with Gasteiger partial charge in [0.15, 0.2) is 0 Å². The zero-order valence-corrected chi connectivity index (χ0v) is 11.7. The Morgan fingerprint density at radius 3 is 2.09 bits per heavy atom. The number of carboxylic acids is 3. The molecule has 5 N–H and O–H groups in total. The molecule has 1 aromatic rings. The summed E-state index contributed by atoms with van der Waals surface area (Å²) in [6.45, 7) is 0. The van der Waals surface area contributed by atoms with Crippen LogP contribution in [0.2, 0.25) is 0 Å². The van der Waals surface area contributed by atoms with Crippen LogP contribution in [-0.4, -0.2) is 44.2 Å². The lowest BCUT2D eigenvalue weighted by Gasteiger charge is -2.22. The Morgan fingerprint density at radius 2 is 1.65 bits per heavy atom. The topological polar surface area (TPSA) is 181 Å². The molecule has 3 atom stereocenters. The van der Waals surface area contributed by atoms with Crippen LogP contribution in [0.1, 0.15) is 17.9 Å². The van der Waals surface area contributed by atoms with Crippen molar-refractivity contribution in [2.45, 2.75) is 18.4 Å². The summed E-state index contributed by atoms with van der Waals surface area (Å²) in [7, 11) is 0. The number of nitrogens with two attached hydrogens (primary N) is 1. The first-order chi connectivity index (χ1) is 10.7. The van der Waals surface area contributed by atoms with Crippen LogP contribution in [0.25, 0.3) is 0 Å². The summed E-state index contributed by atoms with van der Waals surface area (Å²) >= 11 is 0. The van der Waals surface area contributed by atoms with Crippen molar-refractivity contribution in [2.75, 3.05) is 0 Å². The van der Waals surface area contributed by atoms with Crippen LogP contribution in [0.5, 0.6) is 0 Å². The van der Waals surface area contributed by atoms with Crippen molar-refractivity contribution in [3.05, 3.63) is 39.9 Å². The van der Waals surface area contributed by atoms with Gasteiger partial charge >= 0.3 is 17.9 Å². The molecule has 10 heteroatoms. The monoisotopic (exact) mass is 326 g/mol. The second-order valence-electron chi connectivity index (χ2n) is 4.76. The molecule has 1 rings (SSSR count). The van der Waals surface area contributed by atoms with Gasteiger partial charge in [-0.05, 0) is 6.42 Å². The van der Waals surface area contributed by atoms with E-state index in [-0.39, 0.29) is 5.56 Å². The van der Waals surface area contributed by atoms with Gasteiger partial charge in [-0.25, -0.2) is 0 Å². The summed E-state index contributed by atoms with van der Waals surface area (Å²) in [5, 5.41) is 38.4. The second-order valence-corrected chi connectivity index (χ2v) is 4.76. The SMILES string of the molecule is N[C@@H](CC(C(=O)O)C(C(=O)O)c1ccccc1[N+](=O)[O-])C(=O)O. The first-order valence-corrected chi connectivity index (χ1v) is 6.34. The molecule has 0 saturated heterocycles. The molecule has 0 heterocycles. The molecule has 10 nitrogen and oxygen atoms in total. The minimum atomic E-state index is -1.81. The van der Waals surface area contributed by atoms with Gasteiger partial charge < -0.3 is 21.1 Å². The molecule has 0 aromatic heterocycles. The number of nitrogens with zero attached hydrogens (tertiary/aromatic N) is 1. The molecule has 0 aliphatic heterocycles. The average molecular weight is 326 g/mol. The molecule has 0 amide bonds. The van der Waals surface area contributed by atoms with E-state index in [1.807, 2.05) is 0 Å². The molecule has 23 heavy (non-hydrogen) atoms. The minimum Gasteiger partial charge on any atom is -0.481 e. The van der Waals surface area contributed by atoms with Gasteiger partial charge in [0.25, 0.3) is 5.69 Å². The molecule has 0 radical (unpaired) electrons. The predicted molar refractivity (Wildman–Crippen MR) is 74.8 cm³/mol. The predicted octanol–water partition coefficient (Wildman–Crippen LogP) is 0.266. The van der Waals surface area contributed by atoms with Gasteiger partial charge in [-0.2, -0.15) is 0 Å². The van der Waals surface area contributed by atoms with Crippen LogP contribution in [0.3, 0.4) is 0 Å². The maximum absolute atomic E-state index is 11.5. The molecular weight excluding hydrogens is 312 g/mol. The van der Waals surface area contributed by atoms with E-state index in [1.54, 1.807) is 0 Å². The highest BCUT2D eigenvalue weighted by atomic mass is 16.6. The third-order valence-electron chi connectivity index (χ3n) is 3.28. The van der Waals surface area contributed by atoms with Crippen molar-refractivity contribution >= 4 is 23.6 Å². The fourth-order valence-corrected chi connectivity index (χ4v) is 2.19. The Balaban J connectivity index is 3.38. The number of hydrogen-bond donors (Lipinski definition) is 4. The molecule has 0 aliphatic rings. The maximum atomic E-state index is 11.5. The number of carboxylic acid groups (broad SMARTS) is 3. The summed E-state index contributed by atoms with van der Waals surface area (Å²) in [5.41, 5.74) is 4.40. The standard InChI is InChI=1S/C13H14N2O8/c14-8(12(18)19)5-7(11(16)17)10(13(20)21)6-3-1-2-4-9(6)15(22)23/h1-4,7-8,10H,5,14H2,(H,16,17)(H,18,19)(H,20,21)/t7?,8-,10?/m0/s1. The van der Waals surface area contributed by atoms with Crippen LogP contribution in [-0.2, 0) is 14.4 Å². The number of carbonyl (C=O) groups is 3. The Hall–Kier alpha value is -3.01. The average Bonchev–Trinajstić information content (AvgIpc) is 2.45. The molecule has 0 spiro atoms. The molecule has 2 unspecified atom stereocenters. The fraction of sp³-hybridized carbons (Fsp3) is 0.308. The van der Waals surface area contributed by atoms with E-state index in [1.165, 1.54) is 12.1 Å². The first kappa shape index (κ1) is 18.0. The van der Waals surface area contributed by atoms with Crippen LogP contribution in [0.15, 0.2) is 24.3 Å². The van der Waals surface area contributed by atoms with E-state index >= 15 is 0 Å². The van der Waals surface area contributed by atoms with E-state index in [0.717, 1.165) is 12.1 Å². The summed E-state index contributed by atoms with van der Waals surface area (Å²) in [6, 6.07) is 3.19. The van der Waals surface area contributed by atoms with E-state index in [4.69, 9.17) is 10.8 Å². The summed E-state index contributed by atoms with van der Waals surface area (Å²) < 4.78 is 0. The van der Waals surface area contributed by atoms with Crippen LogP contribution in [0, 0.1) is 16.0 Å². The Kier molecular flexibility index (Phi) is 5.74. The summed E-state index contributed by atoms with van der Waals surface area (Å²) in [6.07, 6.45) is -0.687. The van der Waals surface area contributed by atoms with Crippen molar-refractivity contribution in [3.8, 4) is 0 Å². The number of nitro benzene ring substituents is 1. The van der Waals surface area contributed by atoms with Gasteiger partial charge in [0, 0.05) is 11.6 Å². The highest BCUT2D eigenvalue weighted by Gasteiger charge is 2.40. The van der Waals surface area contributed by atoms with E-state index in [2.05, 4.69) is 0 Å². The van der Waals surface area contributed by atoms with Crippen LogP contribution < -0.4 is 5.73 Å². The van der Waals surface area contributed by atoms with Gasteiger partial charge in [-0.15, -0.1) is 0 Å². The molecular formula is C13H14N2O8. The number of rotatable bonds is 8. The lowest BCUT2D eigenvalue weighted by molar-refractivity contribution is -0.385. The van der Waals surface area contributed by atoms with E-state index in [9.17, 15) is 34.7 Å². The highest BCUT2D eigenvalue weighted by Crippen LogP contribution is 2.34. The van der Waals surface area contributed by atoms with Gasteiger partial charge in [-0.1, -0.05) is 18.2 Å². The number of benzene rings is 1. The molecule has 1 aromatic carbocycles. The fourth-order valence-electron chi connectivity index (χ4n) is 2.19. The number of aliphatic carboxylic acids is 3. The van der Waals surface area contributed by atoms with Gasteiger partial charge in [0.05, 0.1) is 10.8 Å². The lowest BCUT2D eigenvalue weighted by atomic mass is 9.81. The molecule has 0 bridgehead atoms. The number of para-hydroxylation sites is 1. The Morgan fingerprint density at radius 1 is 1.09 bits per heavy atom. The van der Waals surface area contributed by atoms with Gasteiger partial charge in [0.2, 0.25) is 0 Å². The number of nitro groups is 1. The van der Waals surface area contributed by atoms with Crippen molar-refractivity contribution in [2.24, 2.45) is 11.7 Å². The van der Waals surface area contributed by atoms with Gasteiger partial charge in [0.1, 0.15) is 12.0 Å². The van der Waals surface area contributed by atoms with E-state index < -0.39 is 52.8 Å². The third-order valence-corrected chi connectivity index (χ3v) is 3.28. The quantitative estimate of drug-likeness (QED) is 0.384. The molecule has 124 valence electrons. The van der Waals surface area contributed by atoms with Crippen molar-refractivity contribution < 1.29 is 34.6 Å². The summed E-state index contributed by atoms with van der Waals surface area (Å²) in [4.78, 5) is 43.8. The third kappa shape index (κ3) is 4.23. The van der Waals surface area contributed by atoms with Crippen LogP contribution in [0.4, 0.5) is 5.69 Å². The summed E-state index contributed by atoms with van der Waals surface area (Å²) in [5.74, 6) is -8.27. The minimum absolute atomic E-state index is 0.324. The Labute approximate surface area is 129 Å². The zero-order chi connectivity index (χ0) is 17.7. The number of hydrogen-bond acceptors (Lipinski definition) is 6. The molecule has 0 fully saturated rings. The largest absolute Gasteiger partial charge is 0.481 e. The van der Waals surface area contributed by atoms with Crippen molar-refractivity contribution in [3.63, 3.8) is 0 Å². The highest BCUT2D eigenvalue weighted by molar-refractivity contribution is 5.86. The second kappa shape index (κ2) is 7.31. The van der Waals surface area contributed by atoms with E-state index in [0.29, 0.717) is 0 Å². The maximum Gasteiger partial charge on any atom is 0.320 e. The van der Waals surface area contributed by atoms with Gasteiger partial charge in [-0.3, -0.25) is 24.5 Å². The van der Waals surface area contributed by atoms with Crippen molar-refractivity contribution in [1.29, 1.82) is 0 Å². The van der Waals surface area contributed by atoms with Crippen molar-refractivity contribution in [1.82, 2.24) is 0 Å². The normalized spacial score (nSPS) is 14.5. The molecule has 0 saturated carbocycles. The smallest absolute Gasteiger partial charge is 0.320 e.